The topological polar surface area (TPSA) is 62.2 Å². The van der Waals surface area contributed by atoms with Crippen molar-refractivity contribution in [3.8, 4) is 11.5 Å². The molecule has 0 aliphatic carbocycles. The lowest BCUT2D eigenvalue weighted by Crippen LogP contribution is -2.45. The fraction of sp³-hybridized carbons (Fsp3) is 0.632. The Morgan fingerprint density at radius 2 is 1.92 bits per heavy atom. The van der Waals surface area contributed by atoms with Crippen LogP contribution in [0.15, 0.2) is 18.2 Å². The zero-order valence-corrected chi connectivity index (χ0v) is 15.1. The zero-order valence-electron chi connectivity index (χ0n) is 15.1. The number of ether oxygens (including phenoxy) is 2. The van der Waals surface area contributed by atoms with E-state index in [4.69, 9.17) is 9.47 Å². The van der Waals surface area contributed by atoms with Crippen LogP contribution in [-0.2, 0) is 4.79 Å². The quantitative estimate of drug-likeness (QED) is 0.879. The van der Waals surface area contributed by atoms with Crippen molar-refractivity contribution in [3.05, 3.63) is 23.8 Å². The van der Waals surface area contributed by atoms with Crippen molar-refractivity contribution in [3.63, 3.8) is 0 Å². The molecule has 25 heavy (non-hydrogen) atoms. The first kappa shape index (κ1) is 18.0. The van der Waals surface area contributed by atoms with Crippen LogP contribution in [0.25, 0.3) is 0 Å². The molecule has 6 heteroatoms. The second-order valence-corrected chi connectivity index (χ2v) is 6.89. The van der Waals surface area contributed by atoms with Crippen molar-refractivity contribution in [1.29, 1.82) is 0 Å². The summed E-state index contributed by atoms with van der Waals surface area (Å²) < 4.78 is 10.7. The number of hydrogen-bond acceptors (Lipinski definition) is 5. The SMILES string of the molecule is COc1ccc(C2CCCN2C(=O)CN2CCCC(O)C2)cc1OC. The Morgan fingerprint density at radius 3 is 2.64 bits per heavy atom. The molecule has 0 radical (unpaired) electrons. The van der Waals surface area contributed by atoms with E-state index in [0.717, 1.165) is 44.3 Å². The minimum atomic E-state index is -0.304. The molecule has 6 nitrogen and oxygen atoms in total. The number of likely N-dealkylation sites (tertiary alicyclic amines) is 2. The normalized spacial score (nSPS) is 24.4. The molecule has 3 rings (SSSR count). The lowest BCUT2D eigenvalue weighted by molar-refractivity contribution is -0.134. The molecule has 0 saturated carbocycles. The first-order valence-electron chi connectivity index (χ1n) is 9.04. The molecule has 2 aliphatic rings. The maximum atomic E-state index is 12.8. The number of β-amino-alcohol motifs (C(OH)–C–C–N with tert-alkyl or cyclic N) is 1. The fourth-order valence-electron chi connectivity index (χ4n) is 3.93. The molecule has 2 unspecified atom stereocenters. The van der Waals surface area contributed by atoms with Gasteiger partial charge in [0.25, 0.3) is 0 Å². The van der Waals surface area contributed by atoms with E-state index in [1.54, 1.807) is 14.2 Å². The van der Waals surface area contributed by atoms with Crippen LogP contribution in [0.1, 0.15) is 37.3 Å². The van der Waals surface area contributed by atoms with Gasteiger partial charge in [0.05, 0.1) is 32.9 Å². The predicted octanol–water partition coefficient (Wildman–Crippen LogP) is 1.82. The van der Waals surface area contributed by atoms with Crippen LogP contribution in [-0.4, -0.2) is 67.3 Å². The van der Waals surface area contributed by atoms with Crippen LogP contribution in [0, 0.1) is 0 Å². The van der Waals surface area contributed by atoms with Gasteiger partial charge in [0, 0.05) is 13.1 Å². The van der Waals surface area contributed by atoms with Crippen molar-refractivity contribution in [1.82, 2.24) is 9.80 Å². The summed E-state index contributed by atoms with van der Waals surface area (Å²) in [6, 6.07) is 5.97. The van der Waals surface area contributed by atoms with Gasteiger partial charge in [-0.3, -0.25) is 9.69 Å². The van der Waals surface area contributed by atoms with E-state index in [0.29, 0.717) is 24.6 Å². The minimum absolute atomic E-state index is 0.0852. The van der Waals surface area contributed by atoms with Gasteiger partial charge >= 0.3 is 0 Å². The van der Waals surface area contributed by atoms with E-state index in [2.05, 4.69) is 4.90 Å². The number of carbonyl (C=O) groups is 1. The number of benzene rings is 1. The van der Waals surface area contributed by atoms with Gasteiger partial charge in [0.2, 0.25) is 5.91 Å². The lowest BCUT2D eigenvalue weighted by atomic mass is 10.0. The van der Waals surface area contributed by atoms with E-state index in [9.17, 15) is 9.90 Å². The molecule has 2 fully saturated rings. The summed E-state index contributed by atoms with van der Waals surface area (Å²) in [6.45, 7) is 2.66. The third kappa shape index (κ3) is 4.07. The third-order valence-corrected chi connectivity index (χ3v) is 5.21. The smallest absolute Gasteiger partial charge is 0.237 e. The van der Waals surface area contributed by atoms with Gasteiger partial charge in [-0.05, 0) is 49.9 Å². The minimum Gasteiger partial charge on any atom is -0.493 e. The van der Waals surface area contributed by atoms with E-state index in [1.807, 2.05) is 23.1 Å². The molecule has 138 valence electrons. The average molecular weight is 348 g/mol. The summed E-state index contributed by atoms with van der Waals surface area (Å²) in [5.74, 6) is 1.54. The molecule has 0 aromatic heterocycles. The number of amides is 1. The van der Waals surface area contributed by atoms with Crippen molar-refractivity contribution < 1.29 is 19.4 Å². The van der Waals surface area contributed by atoms with Gasteiger partial charge in [0.15, 0.2) is 11.5 Å². The molecule has 1 aromatic rings. The lowest BCUT2D eigenvalue weighted by Gasteiger charge is -2.32. The third-order valence-electron chi connectivity index (χ3n) is 5.21. The van der Waals surface area contributed by atoms with Gasteiger partial charge in [-0.1, -0.05) is 6.07 Å². The largest absolute Gasteiger partial charge is 0.493 e. The molecule has 1 amide bonds. The number of piperidine rings is 1. The number of hydrogen-bond donors (Lipinski definition) is 1. The van der Waals surface area contributed by atoms with E-state index < -0.39 is 0 Å². The summed E-state index contributed by atoms with van der Waals surface area (Å²) in [5.41, 5.74) is 1.09. The molecule has 2 aliphatic heterocycles. The number of methoxy groups -OCH3 is 2. The molecular weight excluding hydrogens is 320 g/mol. The van der Waals surface area contributed by atoms with Crippen LogP contribution in [0.4, 0.5) is 0 Å². The zero-order chi connectivity index (χ0) is 17.8. The Bertz CT molecular complexity index is 607. The van der Waals surface area contributed by atoms with Crippen molar-refractivity contribution in [2.75, 3.05) is 40.4 Å². The highest BCUT2D eigenvalue weighted by Gasteiger charge is 2.32. The van der Waals surface area contributed by atoms with Gasteiger partial charge in [-0.25, -0.2) is 0 Å². The molecule has 0 bridgehead atoms. The molecule has 2 atom stereocenters. The van der Waals surface area contributed by atoms with E-state index in [-0.39, 0.29) is 18.1 Å². The summed E-state index contributed by atoms with van der Waals surface area (Å²) in [5, 5.41) is 9.80. The molecule has 2 saturated heterocycles. The van der Waals surface area contributed by atoms with Crippen molar-refractivity contribution in [2.45, 2.75) is 37.8 Å². The van der Waals surface area contributed by atoms with Gasteiger partial charge in [-0.2, -0.15) is 0 Å². The maximum absolute atomic E-state index is 12.8. The number of rotatable bonds is 5. The van der Waals surface area contributed by atoms with Crippen LogP contribution in [0.3, 0.4) is 0 Å². The van der Waals surface area contributed by atoms with Gasteiger partial charge in [-0.15, -0.1) is 0 Å². The van der Waals surface area contributed by atoms with E-state index in [1.165, 1.54) is 0 Å². The van der Waals surface area contributed by atoms with Crippen molar-refractivity contribution in [2.24, 2.45) is 0 Å². The molecule has 1 aromatic carbocycles. The van der Waals surface area contributed by atoms with E-state index >= 15 is 0 Å². The van der Waals surface area contributed by atoms with Gasteiger partial charge in [0.1, 0.15) is 0 Å². The molecule has 1 N–H and O–H groups in total. The second-order valence-electron chi connectivity index (χ2n) is 6.89. The Hall–Kier alpha value is -1.79. The maximum Gasteiger partial charge on any atom is 0.237 e. The standard InChI is InChI=1S/C19H28N2O4/c1-24-17-8-7-14(11-18(17)25-2)16-6-4-10-21(16)19(23)13-20-9-3-5-15(22)12-20/h7-8,11,15-16,22H,3-6,9-10,12-13H2,1-2H3. The molecule has 2 heterocycles. The number of aliphatic hydroxyl groups excluding tert-OH is 1. The Kier molecular flexibility index (Phi) is 5.81. The van der Waals surface area contributed by atoms with Crippen LogP contribution >= 0.6 is 0 Å². The number of carbonyl (C=O) groups excluding carboxylic acids is 1. The fourth-order valence-corrected chi connectivity index (χ4v) is 3.93. The van der Waals surface area contributed by atoms with Crippen LogP contribution in [0.5, 0.6) is 11.5 Å². The first-order chi connectivity index (χ1) is 12.1. The number of nitrogens with zero attached hydrogens (tertiary/aromatic N) is 2. The first-order valence-corrected chi connectivity index (χ1v) is 9.04. The van der Waals surface area contributed by atoms with Gasteiger partial charge < -0.3 is 19.5 Å². The van der Waals surface area contributed by atoms with Crippen LogP contribution < -0.4 is 9.47 Å². The number of aliphatic hydroxyl groups is 1. The Labute approximate surface area is 149 Å². The predicted molar refractivity (Wildman–Crippen MR) is 94.9 cm³/mol. The summed E-state index contributed by atoms with van der Waals surface area (Å²) in [4.78, 5) is 16.9. The molecule has 0 spiro atoms. The Morgan fingerprint density at radius 1 is 1.16 bits per heavy atom. The highest BCUT2D eigenvalue weighted by Crippen LogP contribution is 2.37. The van der Waals surface area contributed by atoms with Crippen molar-refractivity contribution >= 4 is 5.91 Å². The highest BCUT2D eigenvalue weighted by atomic mass is 16.5. The summed E-state index contributed by atoms with van der Waals surface area (Å²) >= 11 is 0. The summed E-state index contributed by atoms with van der Waals surface area (Å²) in [6.07, 6.45) is 3.45. The average Bonchev–Trinajstić information content (AvgIpc) is 3.11. The summed E-state index contributed by atoms with van der Waals surface area (Å²) in [7, 11) is 3.25. The van der Waals surface area contributed by atoms with Crippen LogP contribution in [0.2, 0.25) is 0 Å². The second kappa shape index (κ2) is 8.06. The highest BCUT2D eigenvalue weighted by molar-refractivity contribution is 5.79. The monoisotopic (exact) mass is 348 g/mol. The molecular formula is C19H28N2O4. The Balaban J connectivity index is 1.70.